The summed E-state index contributed by atoms with van der Waals surface area (Å²) in [5.74, 6) is -0.349. The van der Waals surface area contributed by atoms with Crippen LogP contribution in [0.4, 0.5) is 5.69 Å². The van der Waals surface area contributed by atoms with E-state index in [1.54, 1.807) is 50.5 Å². The van der Waals surface area contributed by atoms with Gasteiger partial charge in [0.1, 0.15) is 6.04 Å². The molecule has 1 saturated heterocycles. The predicted octanol–water partition coefficient (Wildman–Crippen LogP) is 4.46. The SMILES string of the molecule is Cc1cc(S(=O)(=O)N(C)c2ccccc2CCC(=O)N[C@H](Cc2ccncc2)C(=O)N2CCCC2)c(C)cc1Cl. The molecular formula is C30H35ClN4O4S. The molecule has 0 saturated carbocycles. The Labute approximate surface area is 241 Å². The number of nitrogens with one attached hydrogen (secondary N) is 1. The van der Waals surface area contributed by atoms with Crippen molar-refractivity contribution >= 4 is 39.1 Å². The number of pyridine rings is 1. The minimum Gasteiger partial charge on any atom is -0.344 e. The molecule has 2 amide bonds. The first-order chi connectivity index (χ1) is 19.1. The van der Waals surface area contributed by atoms with Gasteiger partial charge in [-0.05, 0) is 85.7 Å². The smallest absolute Gasteiger partial charge is 0.264 e. The van der Waals surface area contributed by atoms with Crippen LogP contribution in [0.2, 0.25) is 5.02 Å². The van der Waals surface area contributed by atoms with E-state index in [1.807, 2.05) is 29.2 Å². The van der Waals surface area contributed by atoms with Gasteiger partial charge in [0, 0.05) is 50.4 Å². The number of aryl methyl sites for hydroxylation is 3. The first-order valence-electron chi connectivity index (χ1n) is 13.4. The topological polar surface area (TPSA) is 99.7 Å². The van der Waals surface area contributed by atoms with Crippen molar-refractivity contribution in [2.75, 3.05) is 24.4 Å². The second kappa shape index (κ2) is 12.8. The van der Waals surface area contributed by atoms with Gasteiger partial charge in [-0.1, -0.05) is 29.8 Å². The molecule has 0 spiro atoms. The van der Waals surface area contributed by atoms with Crippen LogP contribution >= 0.6 is 11.6 Å². The van der Waals surface area contributed by atoms with Gasteiger partial charge < -0.3 is 10.2 Å². The highest BCUT2D eigenvalue weighted by Gasteiger charge is 2.29. The highest BCUT2D eigenvalue weighted by molar-refractivity contribution is 7.92. The van der Waals surface area contributed by atoms with Crippen molar-refractivity contribution in [2.24, 2.45) is 0 Å². The monoisotopic (exact) mass is 582 g/mol. The Balaban J connectivity index is 1.49. The fourth-order valence-corrected chi connectivity index (χ4v) is 6.71. The number of carbonyl (C=O) groups excluding carboxylic acids is 2. The second-order valence-electron chi connectivity index (χ2n) is 10.2. The molecule has 0 bridgehead atoms. The maximum atomic E-state index is 13.6. The Morgan fingerprint density at radius 2 is 1.73 bits per heavy atom. The maximum Gasteiger partial charge on any atom is 0.264 e. The van der Waals surface area contributed by atoms with Crippen LogP contribution in [0.5, 0.6) is 0 Å². The fourth-order valence-electron chi connectivity index (χ4n) is 4.97. The third kappa shape index (κ3) is 6.82. The average molecular weight is 583 g/mol. The Morgan fingerprint density at radius 1 is 1.05 bits per heavy atom. The molecule has 212 valence electrons. The van der Waals surface area contributed by atoms with E-state index in [-0.39, 0.29) is 23.1 Å². The van der Waals surface area contributed by atoms with E-state index in [0.29, 0.717) is 53.3 Å². The van der Waals surface area contributed by atoms with Crippen molar-refractivity contribution in [1.29, 1.82) is 0 Å². The van der Waals surface area contributed by atoms with Crippen molar-refractivity contribution in [3.63, 3.8) is 0 Å². The van der Waals surface area contributed by atoms with Crippen LogP contribution in [0.1, 0.15) is 41.5 Å². The van der Waals surface area contributed by atoms with Crippen molar-refractivity contribution in [3.8, 4) is 0 Å². The first kappa shape index (κ1) is 29.6. The number of halogens is 1. The second-order valence-corrected chi connectivity index (χ2v) is 12.5. The molecule has 2 aromatic carbocycles. The Bertz CT molecular complexity index is 1470. The lowest BCUT2D eigenvalue weighted by atomic mass is 10.0. The van der Waals surface area contributed by atoms with E-state index in [9.17, 15) is 18.0 Å². The lowest BCUT2D eigenvalue weighted by molar-refractivity contribution is -0.135. The van der Waals surface area contributed by atoms with Gasteiger partial charge in [0.2, 0.25) is 11.8 Å². The predicted molar refractivity (Wildman–Crippen MR) is 157 cm³/mol. The van der Waals surface area contributed by atoms with E-state index in [4.69, 9.17) is 11.6 Å². The summed E-state index contributed by atoms with van der Waals surface area (Å²) in [7, 11) is -2.37. The van der Waals surface area contributed by atoms with Gasteiger partial charge in [-0.25, -0.2) is 8.42 Å². The zero-order chi connectivity index (χ0) is 28.9. The number of carbonyl (C=O) groups is 2. The van der Waals surface area contributed by atoms with Crippen LogP contribution in [0.25, 0.3) is 0 Å². The minimum absolute atomic E-state index is 0.0810. The molecule has 0 unspecified atom stereocenters. The average Bonchev–Trinajstić information content (AvgIpc) is 3.48. The quantitative estimate of drug-likeness (QED) is 0.380. The normalized spacial score (nSPS) is 14.2. The van der Waals surface area contributed by atoms with Crippen molar-refractivity contribution in [1.82, 2.24) is 15.2 Å². The number of para-hydroxylation sites is 1. The van der Waals surface area contributed by atoms with Crippen LogP contribution in [0.3, 0.4) is 0 Å². The summed E-state index contributed by atoms with van der Waals surface area (Å²) in [4.78, 5) is 32.4. The van der Waals surface area contributed by atoms with Crippen molar-refractivity contribution < 1.29 is 18.0 Å². The van der Waals surface area contributed by atoms with Gasteiger partial charge >= 0.3 is 0 Å². The molecule has 0 radical (unpaired) electrons. The minimum atomic E-state index is -3.88. The summed E-state index contributed by atoms with van der Waals surface area (Å²) in [6, 6.07) is 13.4. The zero-order valence-electron chi connectivity index (χ0n) is 23.1. The van der Waals surface area contributed by atoms with Gasteiger partial charge in [0.05, 0.1) is 10.6 Å². The molecule has 3 aromatic rings. The molecule has 1 aliphatic rings. The third-order valence-corrected chi connectivity index (χ3v) is 9.61. The Hall–Kier alpha value is -3.43. The molecule has 1 N–H and O–H groups in total. The molecule has 1 atom stereocenters. The van der Waals surface area contributed by atoms with Crippen LogP contribution in [-0.2, 0) is 32.5 Å². The number of likely N-dealkylation sites (tertiary alicyclic amines) is 1. The molecule has 10 heteroatoms. The summed E-state index contributed by atoms with van der Waals surface area (Å²) in [6.45, 7) is 4.88. The van der Waals surface area contributed by atoms with Crippen molar-refractivity contribution in [3.05, 3.63) is 88.2 Å². The molecular weight excluding hydrogens is 548 g/mol. The van der Waals surface area contributed by atoms with E-state index in [0.717, 1.165) is 18.4 Å². The van der Waals surface area contributed by atoms with Crippen LogP contribution in [0.15, 0.2) is 65.8 Å². The van der Waals surface area contributed by atoms with Gasteiger partial charge in [0.25, 0.3) is 10.0 Å². The van der Waals surface area contributed by atoms with Gasteiger partial charge in [-0.2, -0.15) is 0 Å². The van der Waals surface area contributed by atoms with E-state index in [2.05, 4.69) is 10.3 Å². The number of hydrogen-bond donors (Lipinski definition) is 1. The Kier molecular flexibility index (Phi) is 9.48. The number of aromatic nitrogens is 1. The van der Waals surface area contributed by atoms with Crippen molar-refractivity contribution in [2.45, 2.75) is 56.9 Å². The number of hydrogen-bond acceptors (Lipinski definition) is 5. The lowest BCUT2D eigenvalue weighted by Gasteiger charge is -2.25. The summed E-state index contributed by atoms with van der Waals surface area (Å²) in [6.07, 6.45) is 6.05. The first-order valence-corrected chi connectivity index (χ1v) is 15.2. The number of benzene rings is 2. The van der Waals surface area contributed by atoms with Gasteiger partial charge in [-0.15, -0.1) is 0 Å². The summed E-state index contributed by atoms with van der Waals surface area (Å²) in [5, 5.41) is 3.45. The summed E-state index contributed by atoms with van der Waals surface area (Å²) >= 11 is 6.19. The fraction of sp³-hybridized carbons (Fsp3) is 0.367. The molecule has 0 aliphatic carbocycles. The van der Waals surface area contributed by atoms with E-state index < -0.39 is 16.1 Å². The lowest BCUT2D eigenvalue weighted by Crippen LogP contribution is -2.49. The molecule has 1 aliphatic heterocycles. The molecule has 40 heavy (non-hydrogen) atoms. The largest absolute Gasteiger partial charge is 0.344 e. The maximum absolute atomic E-state index is 13.6. The number of rotatable bonds is 10. The molecule has 1 aromatic heterocycles. The summed E-state index contributed by atoms with van der Waals surface area (Å²) < 4.78 is 28.4. The number of nitrogens with zero attached hydrogens (tertiary/aromatic N) is 3. The number of anilines is 1. The van der Waals surface area contributed by atoms with Crippen LogP contribution < -0.4 is 9.62 Å². The number of sulfonamides is 1. The highest BCUT2D eigenvalue weighted by atomic mass is 35.5. The van der Waals surface area contributed by atoms with Gasteiger partial charge in [-0.3, -0.25) is 18.9 Å². The number of amides is 2. The van der Waals surface area contributed by atoms with Crippen LogP contribution in [0, 0.1) is 13.8 Å². The van der Waals surface area contributed by atoms with Gasteiger partial charge in [0.15, 0.2) is 0 Å². The van der Waals surface area contributed by atoms with Crippen LogP contribution in [-0.4, -0.2) is 56.3 Å². The third-order valence-electron chi connectivity index (χ3n) is 7.29. The molecule has 1 fully saturated rings. The highest BCUT2D eigenvalue weighted by Crippen LogP contribution is 2.30. The molecule has 4 rings (SSSR count). The van der Waals surface area contributed by atoms with E-state index >= 15 is 0 Å². The molecule has 8 nitrogen and oxygen atoms in total. The molecule has 2 heterocycles. The van der Waals surface area contributed by atoms with E-state index in [1.165, 1.54) is 11.4 Å². The summed E-state index contributed by atoms with van der Waals surface area (Å²) in [5.41, 5.74) is 3.35. The standard InChI is InChI=1S/C30H35ClN4O4S/c1-21-19-28(22(2)18-25(21)31)40(38,39)34(3)27-9-5-4-8-24(27)10-11-29(36)33-26(20-23-12-14-32-15-13-23)30(37)35-16-6-7-17-35/h4-5,8-9,12-15,18-19,26H,6-7,10-11,16-17,20H2,1-3H3,(H,33,36)/t26-/m1/s1. The Morgan fingerprint density at radius 3 is 2.42 bits per heavy atom. The zero-order valence-corrected chi connectivity index (χ0v) is 24.6.